The summed E-state index contributed by atoms with van der Waals surface area (Å²) in [4.78, 5) is 12.9. The second-order valence-corrected chi connectivity index (χ2v) is 5.78. The molecule has 0 N–H and O–H groups in total. The first-order chi connectivity index (χ1) is 10.5. The van der Waals surface area contributed by atoms with E-state index < -0.39 is 11.6 Å². The van der Waals surface area contributed by atoms with Crippen molar-refractivity contribution in [3.63, 3.8) is 0 Å². The summed E-state index contributed by atoms with van der Waals surface area (Å²) in [5.74, 6) is -0.425. The van der Waals surface area contributed by atoms with E-state index in [1.807, 2.05) is 44.2 Å². The van der Waals surface area contributed by atoms with Gasteiger partial charge >= 0.3 is 5.97 Å². The molecule has 0 saturated heterocycles. The van der Waals surface area contributed by atoms with Crippen LogP contribution in [0.4, 0.5) is 0 Å². The largest absolute Gasteiger partial charge is 0.691 e. The zero-order valence-electron chi connectivity index (χ0n) is 12.1. The van der Waals surface area contributed by atoms with E-state index in [2.05, 4.69) is 9.37 Å². The van der Waals surface area contributed by atoms with Crippen molar-refractivity contribution >= 4 is 18.0 Å². The topological polar surface area (TPSA) is 67.8 Å². The first-order valence-electron chi connectivity index (χ1n) is 6.55. The van der Waals surface area contributed by atoms with Crippen molar-refractivity contribution in [1.29, 1.82) is 0 Å². The SMILES string of the molecule is CC(C)(OC(=O)c1ccc(SOO[O-])cc1)c1ccccc1. The Labute approximate surface area is 132 Å². The Morgan fingerprint density at radius 2 is 1.68 bits per heavy atom. The van der Waals surface area contributed by atoms with Crippen molar-refractivity contribution in [1.82, 2.24) is 0 Å². The molecule has 0 aliphatic heterocycles. The van der Waals surface area contributed by atoms with Gasteiger partial charge in [0.05, 0.1) is 17.6 Å². The van der Waals surface area contributed by atoms with Crippen molar-refractivity contribution in [2.45, 2.75) is 24.3 Å². The molecule has 0 aliphatic rings. The third-order valence-electron chi connectivity index (χ3n) is 3.06. The molecule has 0 bridgehead atoms. The molecule has 2 rings (SSSR count). The molecular formula is C16H15O5S-. The summed E-state index contributed by atoms with van der Waals surface area (Å²) < 4.78 is 9.78. The number of benzene rings is 2. The summed E-state index contributed by atoms with van der Waals surface area (Å²) in [6, 6.07) is 16.0. The number of carbonyl (C=O) groups excluding carboxylic acids is 1. The van der Waals surface area contributed by atoms with Crippen LogP contribution in [0.1, 0.15) is 29.8 Å². The summed E-state index contributed by atoms with van der Waals surface area (Å²) >= 11 is 0.764. The molecule has 0 heterocycles. The molecular weight excluding hydrogens is 304 g/mol. The van der Waals surface area contributed by atoms with Gasteiger partial charge in [-0.25, -0.2) is 4.79 Å². The Hall–Kier alpha value is -1.86. The first kappa shape index (κ1) is 16.5. The molecule has 0 amide bonds. The van der Waals surface area contributed by atoms with E-state index in [1.54, 1.807) is 24.3 Å². The number of carbonyl (C=O) groups is 1. The zero-order valence-corrected chi connectivity index (χ0v) is 13.0. The molecule has 0 unspecified atom stereocenters. The van der Waals surface area contributed by atoms with E-state index in [9.17, 15) is 10.1 Å². The van der Waals surface area contributed by atoms with Crippen LogP contribution in [0.15, 0.2) is 59.5 Å². The number of rotatable bonds is 6. The van der Waals surface area contributed by atoms with Crippen LogP contribution in [0.25, 0.3) is 0 Å². The fourth-order valence-corrected chi connectivity index (χ4v) is 2.24. The van der Waals surface area contributed by atoms with E-state index in [-0.39, 0.29) is 0 Å². The van der Waals surface area contributed by atoms with Crippen molar-refractivity contribution in [3.05, 3.63) is 65.7 Å². The zero-order chi connectivity index (χ0) is 16.0. The minimum Gasteiger partial charge on any atom is -0.691 e. The Balaban J connectivity index is 2.05. The molecule has 2 aromatic rings. The van der Waals surface area contributed by atoms with E-state index in [0.29, 0.717) is 10.5 Å². The fourth-order valence-electron chi connectivity index (χ4n) is 1.89. The predicted octanol–water partition coefficient (Wildman–Crippen LogP) is 3.01. The van der Waals surface area contributed by atoms with Gasteiger partial charge in [0.1, 0.15) is 5.60 Å². The number of hydrogen-bond donors (Lipinski definition) is 0. The van der Waals surface area contributed by atoms with Crippen LogP contribution in [0.5, 0.6) is 0 Å². The second kappa shape index (κ2) is 7.42. The number of hydrogen-bond acceptors (Lipinski definition) is 6. The highest BCUT2D eigenvalue weighted by Gasteiger charge is 2.25. The van der Waals surface area contributed by atoms with Gasteiger partial charge in [-0.1, -0.05) is 30.3 Å². The highest BCUT2D eigenvalue weighted by atomic mass is 32.2. The first-order valence-corrected chi connectivity index (χ1v) is 7.29. The minimum atomic E-state index is -0.731. The Morgan fingerprint density at radius 1 is 1.05 bits per heavy atom. The molecule has 0 atom stereocenters. The third kappa shape index (κ3) is 4.32. The minimum absolute atomic E-state index is 0.413. The molecule has 0 spiro atoms. The maximum atomic E-state index is 12.2. The quantitative estimate of drug-likeness (QED) is 0.353. The third-order valence-corrected chi connectivity index (χ3v) is 3.65. The summed E-state index contributed by atoms with van der Waals surface area (Å²) in [6.45, 7) is 3.67. The van der Waals surface area contributed by atoms with Gasteiger partial charge in [-0.3, -0.25) is 5.04 Å². The number of ether oxygens (including phenoxy) is 1. The van der Waals surface area contributed by atoms with E-state index in [1.165, 1.54) is 0 Å². The van der Waals surface area contributed by atoms with Gasteiger partial charge in [-0.2, -0.15) is 4.33 Å². The maximum Gasteiger partial charge on any atom is 0.338 e. The van der Waals surface area contributed by atoms with Gasteiger partial charge < -0.3 is 9.99 Å². The molecule has 0 saturated carbocycles. The van der Waals surface area contributed by atoms with Crippen molar-refractivity contribution in [3.8, 4) is 0 Å². The average molecular weight is 319 g/mol. The van der Waals surface area contributed by atoms with Gasteiger partial charge in [0.25, 0.3) is 0 Å². The fraction of sp³-hybridized carbons (Fsp3) is 0.188. The molecule has 116 valence electrons. The van der Waals surface area contributed by atoms with Gasteiger partial charge in [-0.15, -0.1) is 0 Å². The van der Waals surface area contributed by atoms with Crippen LogP contribution in [0.3, 0.4) is 0 Å². The maximum absolute atomic E-state index is 12.2. The smallest absolute Gasteiger partial charge is 0.338 e. The van der Waals surface area contributed by atoms with Crippen LogP contribution in [-0.4, -0.2) is 5.97 Å². The normalized spacial score (nSPS) is 11.2. The summed E-state index contributed by atoms with van der Waals surface area (Å²) in [7, 11) is 0. The van der Waals surface area contributed by atoms with Crippen LogP contribution in [0.2, 0.25) is 0 Å². The molecule has 2 aromatic carbocycles. The average Bonchev–Trinajstić information content (AvgIpc) is 2.54. The Morgan fingerprint density at radius 3 is 2.27 bits per heavy atom. The summed E-state index contributed by atoms with van der Waals surface area (Å²) in [6.07, 6.45) is 0. The molecule has 0 aliphatic carbocycles. The lowest BCUT2D eigenvalue weighted by molar-refractivity contribution is -0.777. The monoisotopic (exact) mass is 319 g/mol. The lowest BCUT2D eigenvalue weighted by atomic mass is 9.98. The summed E-state index contributed by atoms with van der Waals surface area (Å²) in [5.41, 5.74) is 0.596. The second-order valence-electron chi connectivity index (χ2n) is 5.01. The molecule has 6 heteroatoms. The van der Waals surface area contributed by atoms with Crippen molar-refractivity contribution in [2.24, 2.45) is 0 Å². The van der Waals surface area contributed by atoms with Gasteiger partial charge in [0.15, 0.2) is 0 Å². The van der Waals surface area contributed by atoms with Crippen LogP contribution < -0.4 is 5.26 Å². The molecule has 22 heavy (non-hydrogen) atoms. The standard InChI is InChI=1S/C16H16O5S/c1-16(2,13-6-4-3-5-7-13)19-15(17)12-8-10-14(11-9-12)22-21-20-18/h3-11,18H,1-2H3/p-1. The van der Waals surface area contributed by atoms with Gasteiger partial charge in [0, 0.05) is 4.90 Å². The van der Waals surface area contributed by atoms with Crippen LogP contribution >= 0.6 is 12.0 Å². The molecule has 0 aromatic heterocycles. The van der Waals surface area contributed by atoms with Crippen LogP contribution in [0, 0.1) is 0 Å². The molecule has 0 fully saturated rings. The van der Waals surface area contributed by atoms with Crippen LogP contribution in [-0.2, 0) is 19.7 Å². The van der Waals surface area contributed by atoms with Crippen molar-refractivity contribution in [2.75, 3.05) is 0 Å². The van der Waals surface area contributed by atoms with E-state index >= 15 is 0 Å². The predicted molar refractivity (Wildman–Crippen MR) is 79.4 cm³/mol. The lowest BCUT2D eigenvalue weighted by Crippen LogP contribution is -2.25. The van der Waals surface area contributed by atoms with Gasteiger partial charge in [0.2, 0.25) is 0 Å². The van der Waals surface area contributed by atoms with E-state index in [4.69, 9.17) is 4.74 Å². The Bertz CT molecular complexity index is 610. The molecule has 0 radical (unpaired) electrons. The van der Waals surface area contributed by atoms with E-state index in [0.717, 1.165) is 17.6 Å². The molecule has 5 nitrogen and oxygen atoms in total. The summed E-state index contributed by atoms with van der Waals surface area (Å²) in [5, 5.41) is 13.0. The highest BCUT2D eigenvalue weighted by molar-refractivity contribution is 7.94. The van der Waals surface area contributed by atoms with Crippen molar-refractivity contribution < 1.29 is 24.2 Å². The van der Waals surface area contributed by atoms with Gasteiger partial charge in [-0.05, 0) is 43.7 Å². The highest BCUT2D eigenvalue weighted by Crippen LogP contribution is 2.26. The lowest BCUT2D eigenvalue weighted by Gasteiger charge is -2.25. The number of esters is 1. The Kier molecular flexibility index (Phi) is 5.57.